The number of benzene rings is 1. The van der Waals surface area contributed by atoms with Crippen molar-refractivity contribution in [3.63, 3.8) is 0 Å². The van der Waals surface area contributed by atoms with Crippen molar-refractivity contribution in [2.24, 2.45) is 5.92 Å². The van der Waals surface area contributed by atoms with E-state index in [2.05, 4.69) is 16.1 Å². The number of carboxylic acid groups (broad SMARTS) is 1. The Hall–Kier alpha value is -2.94. The molecule has 9 heteroatoms. The lowest BCUT2D eigenvalue weighted by Crippen LogP contribution is -2.61. The van der Waals surface area contributed by atoms with E-state index in [1.54, 1.807) is 13.8 Å². The van der Waals surface area contributed by atoms with Gasteiger partial charge in [0.2, 0.25) is 12.3 Å². The van der Waals surface area contributed by atoms with E-state index in [9.17, 15) is 24.3 Å². The molecule has 2 rings (SSSR count). The van der Waals surface area contributed by atoms with Crippen LogP contribution in [0.1, 0.15) is 32.3 Å². The Morgan fingerprint density at radius 2 is 1.97 bits per heavy atom. The van der Waals surface area contributed by atoms with Crippen LogP contribution in [0.4, 0.5) is 0 Å². The van der Waals surface area contributed by atoms with E-state index in [0.29, 0.717) is 25.8 Å². The van der Waals surface area contributed by atoms with Crippen LogP contribution < -0.4 is 16.1 Å². The standard InChI is InChI=1S/C20H28N4O5/c1-13(2)17(21-12-25)18(26)22-16(11-14-7-4-3-5-8-14)19(27)24-10-6-9-15(23-24)20(28)29/h3-5,7-8,12-13,15-17,23H,6,9-11H2,1-2H3,(H,21,25)(H,22,26)(H,28,29). The van der Waals surface area contributed by atoms with Crippen LogP contribution in [0.2, 0.25) is 0 Å². The molecule has 1 fully saturated rings. The monoisotopic (exact) mass is 404 g/mol. The van der Waals surface area contributed by atoms with Crippen molar-refractivity contribution in [1.82, 2.24) is 21.1 Å². The van der Waals surface area contributed by atoms with Crippen LogP contribution in [0.25, 0.3) is 0 Å². The van der Waals surface area contributed by atoms with Crippen molar-refractivity contribution < 1.29 is 24.3 Å². The molecule has 1 aliphatic rings. The topological polar surface area (TPSA) is 128 Å². The van der Waals surface area contributed by atoms with Crippen molar-refractivity contribution in [3.05, 3.63) is 35.9 Å². The number of carbonyl (C=O) groups is 4. The molecule has 1 saturated heterocycles. The summed E-state index contributed by atoms with van der Waals surface area (Å²) in [6.45, 7) is 3.93. The van der Waals surface area contributed by atoms with Gasteiger partial charge in [-0.05, 0) is 24.3 Å². The highest BCUT2D eigenvalue weighted by molar-refractivity contribution is 5.91. The van der Waals surface area contributed by atoms with Crippen LogP contribution >= 0.6 is 0 Å². The Morgan fingerprint density at radius 1 is 1.28 bits per heavy atom. The van der Waals surface area contributed by atoms with Gasteiger partial charge in [-0.25, -0.2) is 5.43 Å². The number of carboxylic acids is 1. The van der Waals surface area contributed by atoms with Crippen molar-refractivity contribution in [2.75, 3.05) is 6.54 Å². The molecule has 3 atom stereocenters. The van der Waals surface area contributed by atoms with Gasteiger partial charge < -0.3 is 15.7 Å². The second-order valence-electron chi connectivity index (χ2n) is 7.41. The molecular formula is C20H28N4O5. The molecule has 0 saturated carbocycles. The zero-order valence-corrected chi connectivity index (χ0v) is 16.6. The summed E-state index contributed by atoms with van der Waals surface area (Å²) in [6, 6.07) is 6.69. The number of nitrogens with zero attached hydrogens (tertiary/aromatic N) is 1. The highest BCUT2D eigenvalue weighted by atomic mass is 16.4. The van der Waals surface area contributed by atoms with Gasteiger partial charge in [0.05, 0.1) is 0 Å². The van der Waals surface area contributed by atoms with Gasteiger partial charge in [0.25, 0.3) is 5.91 Å². The van der Waals surface area contributed by atoms with Crippen molar-refractivity contribution in [2.45, 2.75) is 51.2 Å². The highest BCUT2D eigenvalue weighted by Crippen LogP contribution is 2.12. The minimum atomic E-state index is -1.03. The van der Waals surface area contributed by atoms with Gasteiger partial charge in [0, 0.05) is 13.0 Å². The van der Waals surface area contributed by atoms with Crippen LogP contribution in [-0.4, -0.2) is 59.0 Å². The summed E-state index contributed by atoms with van der Waals surface area (Å²) in [6.07, 6.45) is 1.67. The zero-order chi connectivity index (χ0) is 21.4. The zero-order valence-electron chi connectivity index (χ0n) is 16.6. The van der Waals surface area contributed by atoms with Crippen molar-refractivity contribution in [1.29, 1.82) is 0 Å². The third kappa shape index (κ3) is 6.28. The number of carbonyl (C=O) groups excluding carboxylic acids is 3. The Morgan fingerprint density at radius 3 is 2.55 bits per heavy atom. The van der Waals surface area contributed by atoms with E-state index in [1.165, 1.54) is 5.01 Å². The van der Waals surface area contributed by atoms with Crippen LogP contribution in [0.3, 0.4) is 0 Å². The molecular weight excluding hydrogens is 376 g/mol. The molecule has 9 nitrogen and oxygen atoms in total. The molecule has 3 amide bonds. The average Bonchev–Trinajstić information content (AvgIpc) is 2.71. The van der Waals surface area contributed by atoms with E-state index in [1.807, 2.05) is 30.3 Å². The lowest BCUT2D eigenvalue weighted by atomic mass is 10.0. The van der Waals surface area contributed by atoms with Crippen molar-refractivity contribution >= 4 is 24.2 Å². The summed E-state index contributed by atoms with van der Waals surface area (Å²) in [5, 5.41) is 15.7. The molecule has 0 bridgehead atoms. The number of hydrogen-bond acceptors (Lipinski definition) is 5. The molecule has 0 radical (unpaired) electrons. The summed E-state index contributed by atoms with van der Waals surface area (Å²) in [5.41, 5.74) is 3.58. The van der Waals surface area contributed by atoms with Gasteiger partial charge in [-0.2, -0.15) is 0 Å². The second kappa shape index (κ2) is 10.6. The fourth-order valence-corrected chi connectivity index (χ4v) is 3.27. The van der Waals surface area contributed by atoms with E-state index in [0.717, 1.165) is 5.56 Å². The first kappa shape index (κ1) is 22.4. The van der Waals surface area contributed by atoms with Gasteiger partial charge in [0.15, 0.2) is 0 Å². The quantitative estimate of drug-likeness (QED) is 0.431. The molecule has 1 aliphatic heterocycles. The minimum Gasteiger partial charge on any atom is -0.480 e. The molecule has 1 heterocycles. The second-order valence-corrected chi connectivity index (χ2v) is 7.41. The third-order valence-electron chi connectivity index (χ3n) is 4.84. The SMILES string of the molecule is CC(C)C(NC=O)C(=O)NC(Cc1ccccc1)C(=O)N1CCCC(C(=O)O)N1. The molecule has 1 aromatic rings. The molecule has 4 N–H and O–H groups in total. The molecule has 158 valence electrons. The Bertz CT molecular complexity index is 725. The maximum absolute atomic E-state index is 13.1. The lowest BCUT2D eigenvalue weighted by molar-refractivity contribution is -0.148. The largest absolute Gasteiger partial charge is 0.480 e. The van der Waals surface area contributed by atoms with Gasteiger partial charge in [-0.3, -0.25) is 24.2 Å². The first-order chi connectivity index (χ1) is 13.8. The lowest BCUT2D eigenvalue weighted by Gasteiger charge is -2.35. The van der Waals surface area contributed by atoms with E-state index >= 15 is 0 Å². The first-order valence-corrected chi connectivity index (χ1v) is 9.67. The Labute approximate surface area is 169 Å². The summed E-state index contributed by atoms with van der Waals surface area (Å²) < 4.78 is 0. The number of rotatable bonds is 9. The number of hydrogen-bond donors (Lipinski definition) is 4. The van der Waals surface area contributed by atoms with E-state index in [4.69, 9.17) is 0 Å². The summed E-state index contributed by atoms with van der Waals surface area (Å²) in [4.78, 5) is 48.0. The summed E-state index contributed by atoms with van der Waals surface area (Å²) >= 11 is 0. The third-order valence-corrected chi connectivity index (χ3v) is 4.84. The molecule has 1 aromatic carbocycles. The maximum atomic E-state index is 13.1. The normalized spacial score (nSPS) is 18.6. The predicted octanol–water partition coefficient (Wildman–Crippen LogP) is 0.0647. The summed E-state index contributed by atoms with van der Waals surface area (Å²) in [5.74, 6) is -2.08. The highest BCUT2D eigenvalue weighted by Gasteiger charge is 2.33. The molecule has 29 heavy (non-hydrogen) atoms. The fourth-order valence-electron chi connectivity index (χ4n) is 3.27. The van der Waals surface area contributed by atoms with Crippen molar-refractivity contribution in [3.8, 4) is 0 Å². The number of nitrogens with one attached hydrogen (secondary N) is 3. The van der Waals surface area contributed by atoms with Crippen LogP contribution in [-0.2, 0) is 25.6 Å². The smallest absolute Gasteiger partial charge is 0.322 e. The minimum absolute atomic E-state index is 0.169. The number of aliphatic carboxylic acids is 1. The average molecular weight is 404 g/mol. The van der Waals surface area contributed by atoms with Crippen LogP contribution in [0.15, 0.2) is 30.3 Å². The first-order valence-electron chi connectivity index (χ1n) is 9.67. The molecule has 0 spiro atoms. The van der Waals surface area contributed by atoms with Gasteiger partial charge in [-0.1, -0.05) is 44.2 Å². The number of amides is 3. The van der Waals surface area contributed by atoms with Gasteiger partial charge >= 0.3 is 5.97 Å². The fraction of sp³-hybridized carbons (Fsp3) is 0.500. The number of hydrazine groups is 1. The van der Waals surface area contributed by atoms with Crippen LogP contribution in [0.5, 0.6) is 0 Å². The van der Waals surface area contributed by atoms with E-state index in [-0.39, 0.29) is 12.3 Å². The van der Waals surface area contributed by atoms with Gasteiger partial charge in [0.1, 0.15) is 18.1 Å². The van der Waals surface area contributed by atoms with Crippen LogP contribution in [0, 0.1) is 5.92 Å². The molecule has 3 unspecified atom stereocenters. The molecule has 0 aliphatic carbocycles. The van der Waals surface area contributed by atoms with Gasteiger partial charge in [-0.15, -0.1) is 0 Å². The molecule has 0 aromatic heterocycles. The maximum Gasteiger partial charge on any atom is 0.322 e. The summed E-state index contributed by atoms with van der Waals surface area (Å²) in [7, 11) is 0. The predicted molar refractivity (Wildman–Crippen MR) is 105 cm³/mol. The van der Waals surface area contributed by atoms with E-state index < -0.39 is 35.9 Å². The Balaban J connectivity index is 2.19. The Kier molecular flexibility index (Phi) is 8.14.